The Morgan fingerprint density at radius 1 is 0.412 bits per heavy atom. The molecule has 0 saturated heterocycles. The summed E-state index contributed by atoms with van der Waals surface area (Å²) in [5.41, 5.74) is 2.43. The van der Waals surface area contributed by atoms with Gasteiger partial charge in [-0.3, -0.25) is 0 Å². The van der Waals surface area contributed by atoms with Crippen LogP contribution in [0.3, 0.4) is 0 Å². The van der Waals surface area contributed by atoms with Crippen LogP contribution in [0.1, 0.15) is 13.7 Å². The predicted molar refractivity (Wildman–Crippen MR) is 209 cm³/mol. The summed E-state index contributed by atoms with van der Waals surface area (Å²) in [6.07, 6.45) is 0. The summed E-state index contributed by atoms with van der Waals surface area (Å²) in [6.45, 7) is 0. The van der Waals surface area contributed by atoms with Crippen molar-refractivity contribution in [1.82, 2.24) is 15.0 Å². The van der Waals surface area contributed by atoms with Gasteiger partial charge < -0.3 is 4.42 Å². The Kier molecular flexibility index (Phi) is 4.80. The molecule has 0 aliphatic heterocycles. The number of rotatable bonds is 5. The smallest absolute Gasteiger partial charge is 0.164 e. The van der Waals surface area contributed by atoms with E-state index in [2.05, 4.69) is 18.2 Å². The molecule has 2 heterocycles. The third-order valence-corrected chi connectivity index (χ3v) is 9.07. The van der Waals surface area contributed by atoms with Crippen LogP contribution in [-0.2, 0) is 0 Å². The third-order valence-electron chi connectivity index (χ3n) is 9.07. The topological polar surface area (TPSA) is 51.8 Å². The maximum atomic E-state index is 8.93. The van der Waals surface area contributed by atoms with Gasteiger partial charge in [0.15, 0.2) is 17.5 Å². The molecule has 0 bridgehead atoms. The van der Waals surface area contributed by atoms with Crippen molar-refractivity contribution >= 4 is 43.5 Å². The molecule has 0 aliphatic carbocycles. The SMILES string of the molecule is [2H]c1c([2H])c([2H])c(-c2cc(-c3c([2H])c([2H])c([2H])c([2H])c3[2H])c3oc4cccc(-c5nc(-c6ccccc6)nc(-c6cc7ccccc7c7ccccc67)n5)c4c3c2)c([2H])c1[2H]. The van der Waals surface area contributed by atoms with Gasteiger partial charge >= 0.3 is 0 Å². The molecule has 0 atom stereocenters. The minimum absolute atomic E-state index is 0.0717. The second-order valence-corrected chi connectivity index (χ2v) is 12.0. The van der Waals surface area contributed by atoms with Crippen LogP contribution in [-0.4, -0.2) is 15.0 Å². The number of nitrogens with zero attached hydrogens (tertiary/aromatic N) is 3. The van der Waals surface area contributed by atoms with Crippen LogP contribution < -0.4 is 0 Å². The molecular formula is C47H29N3O. The summed E-state index contributed by atoms with van der Waals surface area (Å²) < 4.78 is 92.6. The molecule has 8 aromatic carbocycles. The monoisotopic (exact) mass is 661 g/mol. The van der Waals surface area contributed by atoms with E-state index in [4.69, 9.17) is 33.1 Å². The summed E-state index contributed by atoms with van der Waals surface area (Å²) in [5, 5.41) is 4.91. The van der Waals surface area contributed by atoms with Gasteiger partial charge in [0.25, 0.3) is 0 Å². The van der Waals surface area contributed by atoms with E-state index in [-0.39, 0.29) is 33.7 Å². The molecule has 0 aliphatic rings. The summed E-state index contributed by atoms with van der Waals surface area (Å²) in [6, 6.07) is 30.9. The van der Waals surface area contributed by atoms with Crippen LogP contribution in [0.4, 0.5) is 0 Å². The van der Waals surface area contributed by atoms with Gasteiger partial charge in [0, 0.05) is 33.0 Å². The standard InChI is InChI=1S/C47H29N3O/c1-4-15-30(16-5-1)34-28-39(31-17-6-2-7-18-31)44-41(29-34)43-38(25-14-26-42(43)51-44)46-48-45(32-19-8-3-9-20-32)49-47(50-46)40-27-33-21-10-11-22-35(33)36-23-12-13-24-37(36)40/h1-29H/i1D,2D,4D,5D,6D,7D,15D,16D,17D,18D. The highest BCUT2D eigenvalue weighted by atomic mass is 16.3. The average molecular weight is 662 g/mol. The first-order valence-corrected chi connectivity index (χ1v) is 16.3. The first-order chi connectivity index (χ1) is 29.4. The van der Waals surface area contributed by atoms with E-state index < -0.39 is 60.4 Å². The number of aromatic nitrogens is 3. The number of hydrogen-bond acceptors (Lipinski definition) is 4. The van der Waals surface area contributed by atoms with Gasteiger partial charge in [-0.2, -0.15) is 0 Å². The van der Waals surface area contributed by atoms with Gasteiger partial charge in [-0.25, -0.2) is 15.0 Å². The fourth-order valence-corrected chi connectivity index (χ4v) is 6.80. The molecule has 0 N–H and O–H groups in total. The van der Waals surface area contributed by atoms with E-state index in [1.165, 1.54) is 6.07 Å². The van der Waals surface area contributed by atoms with Crippen molar-refractivity contribution in [2.24, 2.45) is 0 Å². The van der Waals surface area contributed by atoms with Gasteiger partial charge in [-0.1, -0.05) is 151 Å². The lowest BCUT2D eigenvalue weighted by molar-refractivity contribution is 0.670. The number of fused-ring (bicyclic) bond motifs is 6. The maximum Gasteiger partial charge on any atom is 0.164 e. The normalized spacial score (nSPS) is 14.3. The van der Waals surface area contributed by atoms with Crippen LogP contribution >= 0.6 is 0 Å². The van der Waals surface area contributed by atoms with Gasteiger partial charge in [0.05, 0.1) is 13.7 Å². The molecule has 0 amide bonds. The molecule has 4 heteroatoms. The van der Waals surface area contributed by atoms with Crippen molar-refractivity contribution < 1.29 is 18.1 Å². The first-order valence-electron chi connectivity index (χ1n) is 21.3. The van der Waals surface area contributed by atoms with E-state index in [0.717, 1.165) is 32.7 Å². The zero-order chi connectivity index (χ0) is 42.4. The van der Waals surface area contributed by atoms with Crippen LogP contribution in [0, 0.1) is 0 Å². The van der Waals surface area contributed by atoms with Crippen molar-refractivity contribution in [3.8, 4) is 56.4 Å². The lowest BCUT2D eigenvalue weighted by Gasteiger charge is -2.13. The second kappa shape index (κ2) is 11.9. The Balaban J connectivity index is 1.33. The zero-order valence-corrected chi connectivity index (χ0v) is 26.7. The van der Waals surface area contributed by atoms with Gasteiger partial charge in [-0.15, -0.1) is 0 Å². The van der Waals surface area contributed by atoms with E-state index in [9.17, 15) is 0 Å². The van der Waals surface area contributed by atoms with Gasteiger partial charge in [-0.05, 0) is 62.5 Å². The average Bonchev–Trinajstić information content (AvgIpc) is 3.68. The zero-order valence-electron chi connectivity index (χ0n) is 36.7. The third kappa shape index (κ3) is 4.96. The van der Waals surface area contributed by atoms with Crippen molar-refractivity contribution in [2.75, 3.05) is 0 Å². The van der Waals surface area contributed by atoms with Crippen molar-refractivity contribution in [3.05, 3.63) is 176 Å². The minimum atomic E-state index is -0.581. The van der Waals surface area contributed by atoms with Crippen LogP contribution in [0.15, 0.2) is 180 Å². The summed E-state index contributed by atoms with van der Waals surface area (Å²) in [5.74, 6) is 1.10. The van der Waals surface area contributed by atoms with Gasteiger partial charge in [0.1, 0.15) is 11.2 Å². The summed E-state index contributed by atoms with van der Waals surface area (Å²) in [7, 11) is 0. The molecule has 51 heavy (non-hydrogen) atoms. The van der Waals surface area contributed by atoms with E-state index in [0.29, 0.717) is 33.6 Å². The van der Waals surface area contributed by atoms with Crippen LogP contribution in [0.5, 0.6) is 0 Å². The molecule has 0 fully saturated rings. The molecule has 0 spiro atoms. The fourth-order valence-electron chi connectivity index (χ4n) is 6.80. The largest absolute Gasteiger partial charge is 0.455 e. The quantitative estimate of drug-likeness (QED) is 0.172. The Morgan fingerprint density at radius 2 is 1.06 bits per heavy atom. The Bertz CT molecular complexity index is 3440. The minimum Gasteiger partial charge on any atom is -0.455 e. The van der Waals surface area contributed by atoms with E-state index in [1.54, 1.807) is 18.2 Å². The maximum absolute atomic E-state index is 8.93. The number of hydrogen-bond donors (Lipinski definition) is 0. The van der Waals surface area contributed by atoms with Crippen molar-refractivity contribution in [2.45, 2.75) is 0 Å². The number of benzene rings is 8. The highest BCUT2D eigenvalue weighted by molar-refractivity contribution is 6.17. The Hall–Kier alpha value is -6.91. The molecule has 4 nitrogen and oxygen atoms in total. The highest BCUT2D eigenvalue weighted by Gasteiger charge is 2.21. The highest BCUT2D eigenvalue weighted by Crippen LogP contribution is 2.43. The van der Waals surface area contributed by atoms with Gasteiger partial charge in [0.2, 0.25) is 0 Å². The number of furan rings is 1. The molecule has 0 radical (unpaired) electrons. The molecule has 2 aromatic heterocycles. The molecule has 0 unspecified atom stereocenters. The summed E-state index contributed by atoms with van der Waals surface area (Å²) >= 11 is 0. The van der Waals surface area contributed by atoms with Crippen molar-refractivity contribution in [1.29, 1.82) is 0 Å². The Morgan fingerprint density at radius 3 is 1.84 bits per heavy atom. The van der Waals surface area contributed by atoms with Crippen molar-refractivity contribution in [3.63, 3.8) is 0 Å². The van der Waals surface area contributed by atoms with E-state index >= 15 is 0 Å². The Labute approximate surface area is 308 Å². The molecule has 10 rings (SSSR count). The molecule has 10 aromatic rings. The first kappa shape index (κ1) is 20.6. The van der Waals surface area contributed by atoms with Crippen LogP contribution in [0.2, 0.25) is 0 Å². The van der Waals surface area contributed by atoms with E-state index in [1.807, 2.05) is 72.8 Å². The molecular weight excluding hydrogens is 623 g/mol. The lowest BCUT2D eigenvalue weighted by atomic mass is 9.94. The molecule has 0 saturated carbocycles. The second-order valence-electron chi connectivity index (χ2n) is 12.0. The summed E-state index contributed by atoms with van der Waals surface area (Å²) in [4.78, 5) is 15.2. The molecule has 238 valence electrons. The lowest BCUT2D eigenvalue weighted by Crippen LogP contribution is -2.01. The fraction of sp³-hybridized carbons (Fsp3) is 0. The predicted octanol–water partition coefficient (Wildman–Crippen LogP) is 12.4. The van der Waals surface area contributed by atoms with Crippen LogP contribution in [0.25, 0.3) is 99.9 Å².